The van der Waals surface area contributed by atoms with Crippen LogP contribution in [0.15, 0.2) is 22.7 Å². The Morgan fingerprint density at radius 3 is 2.75 bits per heavy atom. The van der Waals surface area contributed by atoms with Gasteiger partial charge in [-0.3, -0.25) is 0 Å². The van der Waals surface area contributed by atoms with E-state index in [1.807, 2.05) is 12.1 Å². The fraction of sp³-hybridized carbons (Fsp3) is 0.538. The van der Waals surface area contributed by atoms with Crippen molar-refractivity contribution in [2.45, 2.75) is 32.7 Å². The van der Waals surface area contributed by atoms with E-state index in [9.17, 15) is 0 Å². The molecular weight excluding hydrogens is 264 g/mol. The SMILES string of the molecule is CCCCCN(C)Cc1cccc(N)c1Br. The lowest BCUT2D eigenvalue weighted by molar-refractivity contribution is 0.317. The molecule has 0 aliphatic heterocycles. The first-order valence-electron chi connectivity index (χ1n) is 5.86. The summed E-state index contributed by atoms with van der Waals surface area (Å²) in [5, 5.41) is 0. The van der Waals surface area contributed by atoms with E-state index >= 15 is 0 Å². The molecule has 1 aromatic rings. The van der Waals surface area contributed by atoms with E-state index in [-0.39, 0.29) is 0 Å². The summed E-state index contributed by atoms with van der Waals surface area (Å²) in [5.41, 5.74) is 7.93. The third-order valence-electron chi connectivity index (χ3n) is 2.69. The lowest BCUT2D eigenvalue weighted by Crippen LogP contribution is -2.19. The molecule has 0 radical (unpaired) electrons. The third kappa shape index (κ3) is 4.14. The normalized spacial score (nSPS) is 11.0. The number of nitrogens with two attached hydrogens (primary N) is 1. The predicted octanol–water partition coefficient (Wildman–Crippen LogP) is 3.65. The summed E-state index contributed by atoms with van der Waals surface area (Å²) in [4.78, 5) is 2.34. The Labute approximate surface area is 107 Å². The van der Waals surface area contributed by atoms with Gasteiger partial charge in [0.15, 0.2) is 0 Å². The molecule has 0 aliphatic rings. The van der Waals surface area contributed by atoms with E-state index in [1.165, 1.54) is 24.8 Å². The molecule has 0 heterocycles. The summed E-state index contributed by atoms with van der Waals surface area (Å²) in [5.74, 6) is 0. The van der Waals surface area contributed by atoms with Crippen molar-refractivity contribution in [3.05, 3.63) is 28.2 Å². The van der Waals surface area contributed by atoms with Gasteiger partial charge in [0.05, 0.1) is 0 Å². The van der Waals surface area contributed by atoms with E-state index in [4.69, 9.17) is 5.73 Å². The van der Waals surface area contributed by atoms with E-state index in [0.29, 0.717) is 0 Å². The zero-order valence-corrected chi connectivity index (χ0v) is 11.8. The number of halogens is 1. The number of rotatable bonds is 6. The average molecular weight is 285 g/mol. The van der Waals surface area contributed by atoms with Gasteiger partial charge in [-0.2, -0.15) is 0 Å². The second-order valence-corrected chi connectivity index (χ2v) is 5.06. The first-order chi connectivity index (χ1) is 7.65. The van der Waals surface area contributed by atoms with Gasteiger partial charge in [0.25, 0.3) is 0 Å². The molecule has 0 bridgehead atoms. The number of nitrogen functional groups attached to an aromatic ring is 1. The van der Waals surface area contributed by atoms with Crippen LogP contribution >= 0.6 is 15.9 Å². The van der Waals surface area contributed by atoms with E-state index in [1.54, 1.807) is 0 Å². The van der Waals surface area contributed by atoms with Gasteiger partial charge in [0.2, 0.25) is 0 Å². The number of unbranched alkanes of at least 4 members (excludes halogenated alkanes) is 2. The molecule has 16 heavy (non-hydrogen) atoms. The maximum Gasteiger partial charge on any atom is 0.0461 e. The van der Waals surface area contributed by atoms with Crippen LogP contribution in [0.1, 0.15) is 31.7 Å². The molecule has 0 aromatic heterocycles. The van der Waals surface area contributed by atoms with E-state index in [0.717, 1.165) is 23.2 Å². The summed E-state index contributed by atoms with van der Waals surface area (Å²) in [6.07, 6.45) is 3.85. The van der Waals surface area contributed by atoms with Crippen LogP contribution in [0.2, 0.25) is 0 Å². The third-order valence-corrected chi connectivity index (χ3v) is 3.66. The molecule has 1 aromatic carbocycles. The molecule has 90 valence electrons. The summed E-state index contributed by atoms with van der Waals surface area (Å²) in [6, 6.07) is 6.05. The van der Waals surface area contributed by atoms with Gasteiger partial charge in [-0.25, -0.2) is 0 Å². The number of benzene rings is 1. The van der Waals surface area contributed by atoms with Crippen molar-refractivity contribution >= 4 is 21.6 Å². The molecule has 0 aliphatic carbocycles. The highest BCUT2D eigenvalue weighted by Crippen LogP contribution is 2.24. The molecule has 3 heteroatoms. The summed E-state index contributed by atoms with van der Waals surface area (Å²) >= 11 is 3.54. The van der Waals surface area contributed by atoms with Crippen LogP contribution in [0.25, 0.3) is 0 Å². The van der Waals surface area contributed by atoms with Gasteiger partial charge in [0.1, 0.15) is 0 Å². The van der Waals surface area contributed by atoms with Crippen molar-refractivity contribution in [1.82, 2.24) is 4.90 Å². The fourth-order valence-electron chi connectivity index (χ4n) is 1.72. The van der Waals surface area contributed by atoms with Crippen LogP contribution in [0, 0.1) is 0 Å². The maximum atomic E-state index is 5.85. The monoisotopic (exact) mass is 284 g/mol. The Morgan fingerprint density at radius 1 is 1.31 bits per heavy atom. The van der Waals surface area contributed by atoms with Gasteiger partial charge in [0, 0.05) is 16.7 Å². The smallest absolute Gasteiger partial charge is 0.0461 e. The highest BCUT2D eigenvalue weighted by atomic mass is 79.9. The molecule has 0 spiro atoms. The second-order valence-electron chi connectivity index (χ2n) is 4.27. The van der Waals surface area contributed by atoms with Crippen LogP contribution in [-0.2, 0) is 6.54 Å². The highest BCUT2D eigenvalue weighted by Gasteiger charge is 2.05. The van der Waals surface area contributed by atoms with Gasteiger partial charge in [-0.1, -0.05) is 31.9 Å². The zero-order valence-electron chi connectivity index (χ0n) is 10.2. The Morgan fingerprint density at radius 2 is 2.06 bits per heavy atom. The van der Waals surface area contributed by atoms with Crippen molar-refractivity contribution in [2.75, 3.05) is 19.3 Å². The van der Waals surface area contributed by atoms with Crippen molar-refractivity contribution in [3.8, 4) is 0 Å². The molecule has 2 N–H and O–H groups in total. The quantitative estimate of drug-likeness (QED) is 0.638. The van der Waals surface area contributed by atoms with Crippen molar-refractivity contribution in [1.29, 1.82) is 0 Å². The molecule has 0 saturated carbocycles. The van der Waals surface area contributed by atoms with Gasteiger partial charge >= 0.3 is 0 Å². The molecular formula is C13H21BrN2. The van der Waals surface area contributed by atoms with Crippen LogP contribution in [-0.4, -0.2) is 18.5 Å². The minimum absolute atomic E-state index is 0.819. The zero-order chi connectivity index (χ0) is 12.0. The van der Waals surface area contributed by atoms with Crippen LogP contribution in [0.4, 0.5) is 5.69 Å². The van der Waals surface area contributed by atoms with Gasteiger partial charge in [-0.15, -0.1) is 0 Å². The molecule has 1 rings (SSSR count). The topological polar surface area (TPSA) is 29.3 Å². The Kier molecular flexibility index (Phi) is 5.85. The van der Waals surface area contributed by atoms with Crippen LogP contribution in [0.3, 0.4) is 0 Å². The standard InChI is InChI=1S/C13H21BrN2/c1-3-4-5-9-16(2)10-11-7-6-8-12(15)13(11)14/h6-8H,3-5,9-10,15H2,1-2H3. The van der Waals surface area contributed by atoms with Crippen LogP contribution in [0.5, 0.6) is 0 Å². The van der Waals surface area contributed by atoms with E-state index in [2.05, 4.69) is 40.9 Å². The Hall–Kier alpha value is -0.540. The van der Waals surface area contributed by atoms with E-state index < -0.39 is 0 Å². The minimum Gasteiger partial charge on any atom is -0.398 e. The minimum atomic E-state index is 0.819. The number of hydrogen-bond donors (Lipinski definition) is 1. The lowest BCUT2D eigenvalue weighted by Gasteiger charge is -2.17. The van der Waals surface area contributed by atoms with Crippen LogP contribution < -0.4 is 5.73 Å². The van der Waals surface area contributed by atoms with Gasteiger partial charge in [-0.05, 0) is 47.6 Å². The second kappa shape index (κ2) is 6.92. The van der Waals surface area contributed by atoms with Crippen molar-refractivity contribution in [3.63, 3.8) is 0 Å². The molecule has 0 fully saturated rings. The first kappa shape index (κ1) is 13.5. The summed E-state index contributed by atoms with van der Waals surface area (Å²) in [7, 11) is 2.16. The lowest BCUT2D eigenvalue weighted by atomic mass is 10.2. The predicted molar refractivity (Wildman–Crippen MR) is 74.4 cm³/mol. The summed E-state index contributed by atoms with van der Waals surface area (Å²) < 4.78 is 1.04. The first-order valence-corrected chi connectivity index (χ1v) is 6.66. The Balaban J connectivity index is 2.49. The fourth-order valence-corrected chi connectivity index (χ4v) is 2.11. The largest absolute Gasteiger partial charge is 0.398 e. The number of hydrogen-bond acceptors (Lipinski definition) is 2. The summed E-state index contributed by atoms with van der Waals surface area (Å²) in [6.45, 7) is 4.33. The maximum absolute atomic E-state index is 5.85. The average Bonchev–Trinajstić information content (AvgIpc) is 2.25. The highest BCUT2D eigenvalue weighted by molar-refractivity contribution is 9.10. The molecule has 0 atom stereocenters. The Bertz CT molecular complexity index is 326. The molecule has 0 amide bonds. The van der Waals surface area contributed by atoms with Gasteiger partial charge < -0.3 is 10.6 Å². The number of anilines is 1. The van der Waals surface area contributed by atoms with Crippen molar-refractivity contribution < 1.29 is 0 Å². The molecule has 0 unspecified atom stereocenters. The number of nitrogens with zero attached hydrogens (tertiary/aromatic N) is 1. The van der Waals surface area contributed by atoms with Crippen molar-refractivity contribution in [2.24, 2.45) is 0 Å². The molecule has 2 nitrogen and oxygen atoms in total. The molecule has 0 saturated heterocycles.